The van der Waals surface area contributed by atoms with Crippen LogP contribution in [0.1, 0.15) is 16.1 Å². The van der Waals surface area contributed by atoms with Crippen LogP contribution in [0.3, 0.4) is 0 Å². The van der Waals surface area contributed by atoms with Crippen LogP contribution in [0, 0.1) is 0 Å². The number of ether oxygens (including phenoxy) is 1. The first kappa shape index (κ1) is 19.5. The summed E-state index contributed by atoms with van der Waals surface area (Å²) in [5.41, 5.74) is 5.67. The summed E-state index contributed by atoms with van der Waals surface area (Å²) in [6, 6.07) is 16.4. The predicted octanol–water partition coefficient (Wildman–Crippen LogP) is 4.31. The highest BCUT2D eigenvalue weighted by Gasteiger charge is 2.32. The average molecular weight is 439 g/mol. The molecule has 8 heteroatoms. The number of nitrogens with zero attached hydrogens (tertiary/aromatic N) is 3. The van der Waals surface area contributed by atoms with Gasteiger partial charge < -0.3 is 14.4 Å². The summed E-state index contributed by atoms with van der Waals surface area (Å²) in [5, 5.41) is 4.86. The molecule has 0 saturated carbocycles. The highest BCUT2D eigenvalue weighted by molar-refractivity contribution is 7.99. The van der Waals surface area contributed by atoms with E-state index in [0.717, 1.165) is 33.9 Å². The fourth-order valence-corrected chi connectivity index (χ4v) is 5.29. The van der Waals surface area contributed by atoms with E-state index in [-0.39, 0.29) is 5.91 Å². The van der Waals surface area contributed by atoms with E-state index in [1.54, 1.807) is 23.7 Å². The number of anilines is 1. The first-order valence-corrected chi connectivity index (χ1v) is 12.1. The van der Waals surface area contributed by atoms with Crippen molar-refractivity contribution in [1.82, 2.24) is 14.7 Å². The maximum Gasteiger partial charge on any atom is 0.274 e. The van der Waals surface area contributed by atoms with Crippen LogP contribution in [0.25, 0.3) is 16.9 Å². The van der Waals surface area contributed by atoms with Crippen LogP contribution in [0.4, 0.5) is 5.69 Å². The summed E-state index contributed by atoms with van der Waals surface area (Å²) in [6.45, 7) is 2.37. The molecule has 0 radical (unpaired) electrons. The summed E-state index contributed by atoms with van der Waals surface area (Å²) in [4.78, 5) is 16.4. The Morgan fingerprint density at radius 3 is 2.73 bits per heavy atom. The number of amides is 1. The van der Waals surface area contributed by atoms with Crippen molar-refractivity contribution in [2.75, 3.05) is 37.3 Å². The lowest BCUT2D eigenvalue weighted by Gasteiger charge is -2.26. The van der Waals surface area contributed by atoms with Crippen LogP contribution >= 0.6 is 23.7 Å². The van der Waals surface area contributed by atoms with Crippen LogP contribution in [0.5, 0.6) is 0 Å². The third-order valence-corrected chi connectivity index (χ3v) is 6.85. The molecule has 3 aromatic rings. The van der Waals surface area contributed by atoms with Gasteiger partial charge in [0.2, 0.25) is 0 Å². The summed E-state index contributed by atoms with van der Waals surface area (Å²) < 4.78 is 10.7. The zero-order valence-electron chi connectivity index (χ0n) is 16.6. The van der Waals surface area contributed by atoms with E-state index >= 15 is 0 Å². The zero-order valence-corrected chi connectivity index (χ0v) is 18.3. The number of benzene rings is 2. The normalized spacial score (nSPS) is 15.4. The molecular formula is C22H22N4O2S2. The number of rotatable bonds is 4. The Hall–Kier alpha value is -2.42. The molecule has 0 bridgehead atoms. The second kappa shape index (κ2) is 8.37. The monoisotopic (exact) mass is 438 g/mol. The smallest absolute Gasteiger partial charge is 0.274 e. The minimum Gasteiger partial charge on any atom is -0.378 e. The van der Waals surface area contributed by atoms with Crippen molar-refractivity contribution in [3.05, 3.63) is 59.8 Å². The molecule has 0 aliphatic carbocycles. The molecule has 2 aliphatic rings. The fraction of sp³-hybridized carbons (Fsp3) is 0.273. The minimum atomic E-state index is -0.00771. The summed E-state index contributed by atoms with van der Waals surface area (Å²) >= 11 is 3.33. The third-order valence-electron chi connectivity index (χ3n) is 5.31. The molecule has 1 saturated heterocycles. The second-order valence-corrected chi connectivity index (χ2v) is 8.76. The van der Waals surface area contributed by atoms with Crippen molar-refractivity contribution < 1.29 is 9.53 Å². The Morgan fingerprint density at radius 1 is 1.17 bits per heavy atom. The average Bonchev–Trinajstić information content (AvgIpc) is 3.20. The van der Waals surface area contributed by atoms with Gasteiger partial charge in [0.1, 0.15) is 0 Å². The molecule has 1 aromatic heterocycles. The molecule has 2 aromatic carbocycles. The van der Waals surface area contributed by atoms with Gasteiger partial charge in [-0.05, 0) is 30.3 Å². The van der Waals surface area contributed by atoms with E-state index in [1.807, 2.05) is 46.2 Å². The van der Waals surface area contributed by atoms with Crippen LogP contribution in [0.2, 0.25) is 0 Å². The molecule has 6 nitrogen and oxygen atoms in total. The maximum atomic E-state index is 13.4. The Morgan fingerprint density at radius 2 is 1.97 bits per heavy atom. The lowest BCUT2D eigenvalue weighted by molar-refractivity contribution is 0.0298. The van der Waals surface area contributed by atoms with Gasteiger partial charge in [0.25, 0.3) is 5.91 Å². The predicted molar refractivity (Wildman–Crippen MR) is 122 cm³/mol. The van der Waals surface area contributed by atoms with E-state index in [4.69, 9.17) is 9.84 Å². The van der Waals surface area contributed by atoms with Gasteiger partial charge >= 0.3 is 0 Å². The van der Waals surface area contributed by atoms with Gasteiger partial charge in [-0.25, -0.2) is 4.68 Å². The van der Waals surface area contributed by atoms with Gasteiger partial charge in [0, 0.05) is 46.8 Å². The molecule has 0 atom stereocenters. The summed E-state index contributed by atoms with van der Waals surface area (Å²) in [5.74, 6) is 0.724. The summed E-state index contributed by atoms with van der Waals surface area (Å²) in [7, 11) is 0. The van der Waals surface area contributed by atoms with Crippen molar-refractivity contribution in [1.29, 1.82) is 0 Å². The van der Waals surface area contributed by atoms with E-state index in [1.165, 1.54) is 4.90 Å². The van der Waals surface area contributed by atoms with E-state index < -0.39 is 0 Å². The standard InChI is InChI=1S/C22H22N4O2S2/c1-29-24-15-7-8-19-17(13-15)21-18(14-30-19)20(22(27)25-9-11-28-12-10-25)23-26(21)16-5-3-2-4-6-16/h2-8,13,24H,9-12,14H2,1H3. The molecule has 2 aliphatic heterocycles. The van der Waals surface area contributed by atoms with E-state index in [2.05, 4.69) is 22.9 Å². The van der Waals surface area contributed by atoms with Gasteiger partial charge in [-0.2, -0.15) is 5.10 Å². The number of fused-ring (bicyclic) bond motifs is 3. The van der Waals surface area contributed by atoms with Crippen molar-refractivity contribution in [2.45, 2.75) is 10.6 Å². The van der Waals surface area contributed by atoms with E-state index in [9.17, 15) is 4.79 Å². The number of hydrogen-bond donors (Lipinski definition) is 1. The first-order valence-electron chi connectivity index (χ1n) is 9.87. The third kappa shape index (κ3) is 3.49. The first-order chi connectivity index (χ1) is 14.8. The van der Waals surface area contributed by atoms with Crippen molar-refractivity contribution in [2.24, 2.45) is 0 Å². The molecule has 1 amide bonds. The quantitative estimate of drug-likeness (QED) is 0.613. The summed E-state index contributed by atoms with van der Waals surface area (Å²) in [6.07, 6.45) is 2.01. The Bertz CT molecular complexity index is 1080. The zero-order chi connectivity index (χ0) is 20.5. The Kier molecular flexibility index (Phi) is 5.45. The van der Waals surface area contributed by atoms with Crippen molar-refractivity contribution >= 4 is 35.3 Å². The molecule has 154 valence electrons. The molecule has 1 fully saturated rings. The van der Waals surface area contributed by atoms with Crippen molar-refractivity contribution in [3.8, 4) is 16.9 Å². The number of hydrogen-bond acceptors (Lipinski definition) is 6. The van der Waals surface area contributed by atoms with Gasteiger partial charge in [-0.15, -0.1) is 11.8 Å². The number of carbonyl (C=O) groups excluding carboxylic acids is 1. The van der Waals surface area contributed by atoms with Gasteiger partial charge in [-0.1, -0.05) is 30.1 Å². The van der Waals surface area contributed by atoms with Gasteiger partial charge in [0.05, 0.1) is 24.6 Å². The number of morpholine rings is 1. The van der Waals surface area contributed by atoms with Crippen LogP contribution in [-0.2, 0) is 10.5 Å². The lowest BCUT2D eigenvalue weighted by atomic mass is 10.0. The largest absolute Gasteiger partial charge is 0.378 e. The Balaban J connectivity index is 1.67. The van der Waals surface area contributed by atoms with Crippen molar-refractivity contribution in [3.63, 3.8) is 0 Å². The SMILES string of the molecule is CSNc1ccc2c(c1)-c1c(c(C(=O)N3CCOCC3)nn1-c1ccccc1)CS2. The topological polar surface area (TPSA) is 59.4 Å². The van der Waals surface area contributed by atoms with E-state index in [0.29, 0.717) is 32.0 Å². The Labute approximate surface area is 184 Å². The molecule has 1 N–H and O–H groups in total. The molecule has 5 rings (SSSR count). The molecule has 3 heterocycles. The van der Waals surface area contributed by atoms with Gasteiger partial charge in [-0.3, -0.25) is 4.79 Å². The lowest BCUT2D eigenvalue weighted by Crippen LogP contribution is -2.41. The number of aromatic nitrogens is 2. The molecule has 0 spiro atoms. The second-order valence-electron chi connectivity index (χ2n) is 7.13. The fourth-order valence-electron chi connectivity index (χ4n) is 3.88. The van der Waals surface area contributed by atoms with Crippen LogP contribution in [-0.4, -0.2) is 53.1 Å². The molecular weight excluding hydrogens is 416 g/mol. The number of carbonyl (C=O) groups is 1. The molecule has 0 unspecified atom stereocenters. The van der Waals surface area contributed by atoms with Crippen LogP contribution < -0.4 is 4.72 Å². The molecule has 30 heavy (non-hydrogen) atoms. The van der Waals surface area contributed by atoms with Crippen LogP contribution in [0.15, 0.2) is 53.4 Å². The highest BCUT2D eigenvalue weighted by Crippen LogP contribution is 2.45. The van der Waals surface area contributed by atoms with Gasteiger partial charge in [0.15, 0.2) is 5.69 Å². The number of para-hydroxylation sites is 1. The minimum absolute atomic E-state index is 0.00771. The highest BCUT2D eigenvalue weighted by atomic mass is 32.2. The number of thioether (sulfide) groups is 1. The number of nitrogens with one attached hydrogen (secondary N) is 1. The maximum absolute atomic E-state index is 13.4.